The highest BCUT2D eigenvalue weighted by Crippen LogP contribution is 2.31. The zero-order valence-corrected chi connectivity index (χ0v) is 17.2. The second kappa shape index (κ2) is 8.32. The largest absolute Gasteiger partial charge is 0.416 e. The van der Waals surface area contributed by atoms with Gasteiger partial charge in [0.05, 0.1) is 10.5 Å². The SMILES string of the molecule is NC(=S)c1ccc(C(=O)N2CCN(S(=O)(=O)c3cccc(C(F)(F)F)c3)CC2)cc1. The summed E-state index contributed by atoms with van der Waals surface area (Å²) in [5.41, 5.74) is 5.53. The van der Waals surface area contributed by atoms with E-state index in [1.165, 1.54) is 4.90 Å². The maximum Gasteiger partial charge on any atom is 0.416 e. The van der Waals surface area contributed by atoms with Gasteiger partial charge in [0, 0.05) is 37.3 Å². The normalized spacial score (nSPS) is 15.8. The molecule has 1 amide bonds. The number of nitrogens with zero attached hydrogens (tertiary/aromatic N) is 2. The molecule has 0 unspecified atom stereocenters. The van der Waals surface area contributed by atoms with E-state index in [-0.39, 0.29) is 37.1 Å². The van der Waals surface area contributed by atoms with Crippen LogP contribution in [0.15, 0.2) is 53.4 Å². The molecule has 6 nitrogen and oxygen atoms in total. The number of rotatable bonds is 4. The van der Waals surface area contributed by atoms with Gasteiger partial charge in [-0.1, -0.05) is 30.4 Å². The fourth-order valence-electron chi connectivity index (χ4n) is 3.07. The minimum Gasteiger partial charge on any atom is -0.389 e. The third-order valence-corrected chi connectivity index (χ3v) is 6.87. The van der Waals surface area contributed by atoms with Gasteiger partial charge < -0.3 is 10.6 Å². The van der Waals surface area contributed by atoms with E-state index < -0.39 is 26.7 Å². The number of amides is 1. The lowest BCUT2D eigenvalue weighted by molar-refractivity contribution is -0.137. The first-order valence-corrected chi connectivity index (χ1v) is 10.7. The zero-order chi connectivity index (χ0) is 22.1. The maximum atomic E-state index is 12.9. The van der Waals surface area contributed by atoms with Gasteiger partial charge in [-0.05, 0) is 30.3 Å². The molecule has 0 atom stereocenters. The third kappa shape index (κ3) is 4.63. The Labute approximate surface area is 177 Å². The van der Waals surface area contributed by atoms with Crippen molar-refractivity contribution in [3.63, 3.8) is 0 Å². The molecule has 1 saturated heterocycles. The molecular weight excluding hydrogens is 439 g/mol. The van der Waals surface area contributed by atoms with Crippen molar-refractivity contribution in [3.8, 4) is 0 Å². The number of alkyl halides is 3. The molecule has 1 heterocycles. The molecular formula is C19H18F3N3O3S2. The highest BCUT2D eigenvalue weighted by molar-refractivity contribution is 7.89. The molecule has 3 rings (SSSR count). The van der Waals surface area contributed by atoms with Crippen LogP contribution in [-0.2, 0) is 16.2 Å². The first-order valence-electron chi connectivity index (χ1n) is 8.87. The van der Waals surface area contributed by atoms with Crippen LogP contribution >= 0.6 is 12.2 Å². The van der Waals surface area contributed by atoms with Gasteiger partial charge >= 0.3 is 6.18 Å². The van der Waals surface area contributed by atoms with Gasteiger partial charge in [0.1, 0.15) is 4.99 Å². The molecule has 0 spiro atoms. The fourth-order valence-corrected chi connectivity index (χ4v) is 4.68. The molecule has 0 radical (unpaired) electrons. The van der Waals surface area contributed by atoms with Crippen molar-refractivity contribution in [1.29, 1.82) is 0 Å². The van der Waals surface area contributed by atoms with Gasteiger partial charge in [-0.2, -0.15) is 17.5 Å². The molecule has 30 heavy (non-hydrogen) atoms. The number of thiocarbonyl (C=S) groups is 1. The number of halogens is 3. The van der Waals surface area contributed by atoms with Gasteiger partial charge in [-0.3, -0.25) is 4.79 Å². The van der Waals surface area contributed by atoms with E-state index in [1.54, 1.807) is 24.3 Å². The lowest BCUT2D eigenvalue weighted by atomic mass is 10.1. The van der Waals surface area contributed by atoms with Crippen molar-refractivity contribution in [2.75, 3.05) is 26.2 Å². The highest BCUT2D eigenvalue weighted by Gasteiger charge is 2.34. The van der Waals surface area contributed by atoms with Crippen LogP contribution in [0.2, 0.25) is 0 Å². The van der Waals surface area contributed by atoms with Gasteiger partial charge in [0.15, 0.2) is 0 Å². The summed E-state index contributed by atoms with van der Waals surface area (Å²) in [4.78, 5) is 13.9. The van der Waals surface area contributed by atoms with Crippen molar-refractivity contribution >= 4 is 33.1 Å². The standard InChI is InChI=1S/C19H18F3N3O3S2/c20-19(21,22)15-2-1-3-16(12-15)30(27,28)25-10-8-24(9-11-25)18(26)14-6-4-13(5-7-14)17(23)29/h1-7,12H,8-11H2,(H2,23,29). The van der Waals surface area contributed by atoms with Crippen molar-refractivity contribution in [2.24, 2.45) is 5.73 Å². The molecule has 160 valence electrons. The number of hydrogen-bond donors (Lipinski definition) is 1. The topological polar surface area (TPSA) is 83.7 Å². The number of sulfonamides is 1. The van der Waals surface area contributed by atoms with Gasteiger partial charge in [0.25, 0.3) is 5.91 Å². The molecule has 2 aromatic carbocycles. The Morgan fingerprint density at radius 1 is 0.967 bits per heavy atom. The number of carbonyl (C=O) groups is 1. The van der Waals surface area contributed by atoms with Crippen LogP contribution in [0.25, 0.3) is 0 Å². The molecule has 2 aromatic rings. The summed E-state index contributed by atoms with van der Waals surface area (Å²) in [5.74, 6) is -0.277. The average Bonchev–Trinajstić information content (AvgIpc) is 2.73. The van der Waals surface area contributed by atoms with Gasteiger partial charge in [0.2, 0.25) is 10.0 Å². The van der Waals surface area contributed by atoms with E-state index in [1.807, 2.05) is 0 Å². The number of piperazine rings is 1. The van der Waals surface area contributed by atoms with Crippen LogP contribution < -0.4 is 5.73 Å². The molecule has 0 bridgehead atoms. The Morgan fingerprint density at radius 2 is 1.53 bits per heavy atom. The van der Waals surface area contributed by atoms with Gasteiger partial charge in [-0.25, -0.2) is 8.42 Å². The fraction of sp³-hybridized carbons (Fsp3) is 0.263. The van der Waals surface area contributed by atoms with Crippen LogP contribution in [0.5, 0.6) is 0 Å². The number of nitrogens with two attached hydrogens (primary N) is 1. The summed E-state index contributed by atoms with van der Waals surface area (Å²) >= 11 is 4.87. The maximum absolute atomic E-state index is 12.9. The molecule has 0 saturated carbocycles. The monoisotopic (exact) mass is 457 g/mol. The van der Waals surface area contributed by atoms with E-state index in [4.69, 9.17) is 18.0 Å². The lowest BCUT2D eigenvalue weighted by Gasteiger charge is -2.34. The summed E-state index contributed by atoms with van der Waals surface area (Å²) in [5, 5.41) is 0. The molecule has 0 aromatic heterocycles. The van der Waals surface area contributed by atoms with E-state index >= 15 is 0 Å². The zero-order valence-electron chi connectivity index (χ0n) is 15.6. The average molecular weight is 457 g/mol. The van der Waals surface area contributed by atoms with Crippen molar-refractivity contribution in [2.45, 2.75) is 11.1 Å². The van der Waals surface area contributed by atoms with Crippen molar-refractivity contribution in [3.05, 3.63) is 65.2 Å². The second-order valence-electron chi connectivity index (χ2n) is 6.66. The molecule has 11 heteroatoms. The summed E-state index contributed by atoms with van der Waals surface area (Å²) in [7, 11) is -4.11. The molecule has 2 N–H and O–H groups in total. The molecule has 0 aliphatic carbocycles. The van der Waals surface area contributed by atoms with E-state index in [0.717, 1.165) is 22.5 Å². The van der Waals surface area contributed by atoms with Crippen LogP contribution in [-0.4, -0.2) is 54.7 Å². The lowest BCUT2D eigenvalue weighted by Crippen LogP contribution is -2.50. The van der Waals surface area contributed by atoms with Gasteiger partial charge in [-0.15, -0.1) is 0 Å². The summed E-state index contributed by atoms with van der Waals surface area (Å²) in [6, 6.07) is 10.1. The smallest absolute Gasteiger partial charge is 0.389 e. The van der Waals surface area contributed by atoms with Crippen molar-refractivity contribution < 1.29 is 26.4 Å². The Bertz CT molecular complexity index is 1060. The van der Waals surface area contributed by atoms with Crippen LogP contribution in [0, 0.1) is 0 Å². The van der Waals surface area contributed by atoms with Crippen LogP contribution in [0.4, 0.5) is 13.2 Å². The Morgan fingerprint density at radius 3 is 2.07 bits per heavy atom. The highest BCUT2D eigenvalue weighted by atomic mass is 32.2. The molecule has 1 fully saturated rings. The number of carbonyl (C=O) groups excluding carboxylic acids is 1. The van der Waals surface area contributed by atoms with Crippen LogP contribution in [0.3, 0.4) is 0 Å². The summed E-state index contributed by atoms with van der Waals surface area (Å²) in [6.07, 6.45) is -4.64. The second-order valence-corrected chi connectivity index (χ2v) is 9.04. The summed E-state index contributed by atoms with van der Waals surface area (Å²) < 4.78 is 65.3. The first kappa shape index (κ1) is 22.2. The molecule has 1 aliphatic rings. The quantitative estimate of drug-likeness (QED) is 0.714. The Hall–Kier alpha value is -2.50. The van der Waals surface area contributed by atoms with Crippen molar-refractivity contribution in [1.82, 2.24) is 9.21 Å². The predicted molar refractivity (Wildman–Crippen MR) is 108 cm³/mol. The first-order chi connectivity index (χ1) is 14.0. The molecule has 1 aliphatic heterocycles. The Kier molecular flexibility index (Phi) is 6.16. The van der Waals surface area contributed by atoms with E-state index in [2.05, 4.69) is 0 Å². The predicted octanol–water partition coefficient (Wildman–Crippen LogP) is 2.49. The number of benzene rings is 2. The minimum atomic E-state index is -4.64. The number of hydrogen-bond acceptors (Lipinski definition) is 4. The summed E-state index contributed by atoms with van der Waals surface area (Å²) in [6.45, 7) is 0.201. The third-order valence-electron chi connectivity index (χ3n) is 4.74. The van der Waals surface area contributed by atoms with Crippen LogP contribution in [0.1, 0.15) is 21.5 Å². The van der Waals surface area contributed by atoms with E-state index in [9.17, 15) is 26.4 Å². The minimum absolute atomic E-state index is 0.0186. The Balaban J connectivity index is 1.70. The van der Waals surface area contributed by atoms with E-state index in [0.29, 0.717) is 17.2 Å².